The fraction of sp³-hybridized carbons (Fsp3) is 0.571. The summed E-state index contributed by atoms with van der Waals surface area (Å²) >= 11 is 0. The molecule has 2 aliphatic heterocycles. The average Bonchev–Trinajstić information content (AvgIpc) is 3.16. The van der Waals surface area contributed by atoms with E-state index in [-0.39, 0.29) is 24.4 Å². The van der Waals surface area contributed by atoms with Crippen molar-refractivity contribution in [1.29, 1.82) is 0 Å². The van der Waals surface area contributed by atoms with Crippen molar-refractivity contribution < 1.29 is 32.9 Å². The second-order valence-corrected chi connectivity index (χ2v) is 11.0. The van der Waals surface area contributed by atoms with Gasteiger partial charge < -0.3 is 29.0 Å². The second kappa shape index (κ2) is 10.9. The number of fused-ring (bicyclic) bond motifs is 1. The summed E-state index contributed by atoms with van der Waals surface area (Å²) in [6, 6.07) is 5.12. The van der Waals surface area contributed by atoms with Crippen LogP contribution in [-0.2, 0) is 18.9 Å². The number of hydrogen-bond donors (Lipinski definition) is 1. The van der Waals surface area contributed by atoms with E-state index in [2.05, 4.69) is 10.3 Å². The van der Waals surface area contributed by atoms with E-state index in [9.17, 15) is 9.18 Å². The fourth-order valence-electron chi connectivity index (χ4n) is 4.71. The zero-order chi connectivity index (χ0) is 26.8. The molecule has 8 nitrogen and oxygen atoms in total. The number of amides is 1. The molecular weight excluding hydrogens is 479 g/mol. The van der Waals surface area contributed by atoms with Crippen LogP contribution in [0.15, 0.2) is 30.5 Å². The van der Waals surface area contributed by atoms with E-state index >= 15 is 0 Å². The number of nitrogens with zero attached hydrogens (tertiary/aromatic N) is 1. The van der Waals surface area contributed by atoms with Gasteiger partial charge in [-0.2, -0.15) is 0 Å². The molecule has 2 fully saturated rings. The van der Waals surface area contributed by atoms with Gasteiger partial charge in [-0.15, -0.1) is 0 Å². The maximum absolute atomic E-state index is 14.8. The fourth-order valence-corrected chi connectivity index (χ4v) is 4.71. The normalized spacial score (nSPS) is 25.9. The number of rotatable bonds is 6. The summed E-state index contributed by atoms with van der Waals surface area (Å²) in [5.74, 6) is -0.456. The molecule has 4 rings (SSSR count). The van der Waals surface area contributed by atoms with Crippen molar-refractivity contribution in [1.82, 2.24) is 10.3 Å². The van der Waals surface area contributed by atoms with Crippen LogP contribution in [0.1, 0.15) is 59.4 Å². The Morgan fingerprint density at radius 2 is 2.08 bits per heavy atom. The van der Waals surface area contributed by atoms with Gasteiger partial charge in [-0.3, -0.25) is 4.98 Å². The molecular formula is C28H37FN2O6. The number of methoxy groups -OCH3 is 1. The molecule has 1 aromatic carbocycles. The zero-order valence-corrected chi connectivity index (χ0v) is 22.4. The Kier molecular flexibility index (Phi) is 8.06. The number of hydrogen-bond acceptors (Lipinski definition) is 7. The topological polar surface area (TPSA) is 88.1 Å². The van der Waals surface area contributed by atoms with Gasteiger partial charge in [0.2, 0.25) is 0 Å². The first-order chi connectivity index (χ1) is 17.4. The van der Waals surface area contributed by atoms with Crippen molar-refractivity contribution in [2.75, 3.05) is 13.7 Å². The van der Waals surface area contributed by atoms with Crippen molar-refractivity contribution in [2.24, 2.45) is 0 Å². The predicted molar refractivity (Wildman–Crippen MR) is 138 cm³/mol. The summed E-state index contributed by atoms with van der Waals surface area (Å²) in [5, 5.41) is 3.63. The number of pyridine rings is 1. The summed E-state index contributed by atoms with van der Waals surface area (Å²) in [5.41, 5.74) is 0.492. The molecule has 37 heavy (non-hydrogen) atoms. The van der Waals surface area contributed by atoms with Gasteiger partial charge in [-0.1, -0.05) is 12.2 Å². The van der Waals surface area contributed by atoms with E-state index in [0.717, 1.165) is 0 Å². The Bertz CT molecular complexity index is 1150. The summed E-state index contributed by atoms with van der Waals surface area (Å²) in [6.45, 7) is 9.67. The first-order valence-electron chi connectivity index (χ1n) is 12.7. The highest BCUT2D eigenvalue weighted by Gasteiger charge is 2.39. The third kappa shape index (κ3) is 7.18. The van der Waals surface area contributed by atoms with E-state index < -0.39 is 23.3 Å². The minimum absolute atomic E-state index is 0.167. The SMILES string of the molecule is COc1ccc2ncc(F)c(C=C[C@@H]3CC[C@@H](NC(=O)OC(C)(C)C)[C@H](C[C@@H]4COC(C)(C)O4)O3)c2c1. The number of benzene rings is 1. The molecule has 3 heterocycles. The number of nitrogens with one attached hydrogen (secondary N) is 1. The van der Waals surface area contributed by atoms with Crippen LogP contribution in [0.3, 0.4) is 0 Å². The average molecular weight is 517 g/mol. The van der Waals surface area contributed by atoms with Gasteiger partial charge in [-0.05, 0) is 65.7 Å². The lowest BCUT2D eigenvalue weighted by Gasteiger charge is -2.37. The van der Waals surface area contributed by atoms with Gasteiger partial charge in [-0.25, -0.2) is 9.18 Å². The van der Waals surface area contributed by atoms with Crippen LogP contribution in [0.2, 0.25) is 0 Å². The Hall–Kier alpha value is -2.75. The highest BCUT2D eigenvalue weighted by molar-refractivity contribution is 5.89. The van der Waals surface area contributed by atoms with E-state index in [1.165, 1.54) is 6.20 Å². The molecule has 0 saturated carbocycles. The Morgan fingerprint density at radius 1 is 1.30 bits per heavy atom. The number of halogens is 1. The van der Waals surface area contributed by atoms with Crippen LogP contribution in [0, 0.1) is 5.82 Å². The largest absolute Gasteiger partial charge is 0.497 e. The molecule has 2 aromatic rings. The van der Waals surface area contributed by atoms with Crippen molar-refractivity contribution in [3.05, 3.63) is 41.9 Å². The monoisotopic (exact) mass is 516 g/mol. The highest BCUT2D eigenvalue weighted by atomic mass is 19.1. The van der Waals surface area contributed by atoms with E-state index in [4.69, 9.17) is 23.7 Å². The smallest absolute Gasteiger partial charge is 0.407 e. The quantitative estimate of drug-likeness (QED) is 0.552. The lowest BCUT2D eigenvalue weighted by Crippen LogP contribution is -2.51. The van der Waals surface area contributed by atoms with Gasteiger partial charge in [0.15, 0.2) is 5.79 Å². The Morgan fingerprint density at radius 3 is 2.76 bits per heavy atom. The van der Waals surface area contributed by atoms with Crippen molar-refractivity contribution >= 4 is 23.1 Å². The zero-order valence-electron chi connectivity index (χ0n) is 22.4. The molecule has 0 bridgehead atoms. The van der Waals surface area contributed by atoms with E-state index in [1.54, 1.807) is 31.4 Å². The molecule has 0 spiro atoms. The molecule has 0 radical (unpaired) electrons. The maximum atomic E-state index is 14.8. The van der Waals surface area contributed by atoms with Crippen LogP contribution in [-0.4, -0.2) is 60.5 Å². The van der Waals surface area contributed by atoms with Crippen LogP contribution in [0.25, 0.3) is 17.0 Å². The lowest BCUT2D eigenvalue weighted by atomic mass is 9.94. The number of carbonyl (C=O) groups is 1. The minimum Gasteiger partial charge on any atom is -0.497 e. The first kappa shape index (κ1) is 27.3. The first-order valence-corrected chi connectivity index (χ1v) is 12.7. The third-order valence-electron chi connectivity index (χ3n) is 6.37. The lowest BCUT2D eigenvalue weighted by molar-refractivity contribution is -0.146. The Labute approximate surface area is 217 Å². The van der Waals surface area contributed by atoms with Gasteiger partial charge in [0.25, 0.3) is 0 Å². The van der Waals surface area contributed by atoms with Gasteiger partial charge >= 0.3 is 6.09 Å². The second-order valence-electron chi connectivity index (χ2n) is 11.0. The molecule has 1 amide bonds. The predicted octanol–water partition coefficient (Wildman–Crippen LogP) is 5.38. The molecule has 2 saturated heterocycles. The maximum Gasteiger partial charge on any atom is 0.407 e. The number of carbonyl (C=O) groups excluding carboxylic acids is 1. The molecule has 0 unspecified atom stereocenters. The van der Waals surface area contributed by atoms with Crippen molar-refractivity contribution in [3.63, 3.8) is 0 Å². The summed E-state index contributed by atoms with van der Waals surface area (Å²) in [7, 11) is 1.57. The van der Waals surface area contributed by atoms with E-state index in [0.29, 0.717) is 48.1 Å². The standard InChI is InChI=1S/C28H37FN2O6/c1-27(2,3)37-26(32)31-24-12-8-17(35-25(24)14-19-16-34-28(4,5)36-19)7-10-20-21-13-18(33-6)9-11-23(21)30-15-22(20)29/h7,9-11,13,15,17,19,24-25H,8,12,14,16H2,1-6H3,(H,31,32)/t17-,19-,24-,25+/m1/s1. The molecule has 202 valence electrons. The third-order valence-corrected chi connectivity index (χ3v) is 6.37. The summed E-state index contributed by atoms with van der Waals surface area (Å²) in [6.07, 6.45) is 5.42. The van der Waals surface area contributed by atoms with Gasteiger partial charge in [0, 0.05) is 17.4 Å². The van der Waals surface area contributed by atoms with Crippen LogP contribution in [0.5, 0.6) is 5.75 Å². The van der Waals surface area contributed by atoms with Crippen molar-refractivity contribution in [3.8, 4) is 5.75 Å². The summed E-state index contributed by atoms with van der Waals surface area (Å²) in [4.78, 5) is 16.7. The molecule has 2 aliphatic rings. The van der Waals surface area contributed by atoms with Gasteiger partial charge in [0.1, 0.15) is 17.2 Å². The van der Waals surface area contributed by atoms with Crippen LogP contribution >= 0.6 is 0 Å². The molecule has 1 aromatic heterocycles. The Balaban J connectivity index is 1.51. The van der Waals surface area contributed by atoms with Gasteiger partial charge in [0.05, 0.1) is 49.8 Å². The molecule has 9 heteroatoms. The minimum atomic E-state index is -0.659. The van der Waals surface area contributed by atoms with E-state index in [1.807, 2.05) is 40.7 Å². The van der Waals surface area contributed by atoms with Crippen LogP contribution < -0.4 is 10.1 Å². The number of alkyl carbamates (subject to hydrolysis) is 1. The van der Waals surface area contributed by atoms with Crippen molar-refractivity contribution in [2.45, 2.75) is 89.6 Å². The molecule has 1 N–H and O–H groups in total. The number of ether oxygens (including phenoxy) is 5. The highest BCUT2D eigenvalue weighted by Crippen LogP contribution is 2.31. The number of aromatic nitrogens is 1. The molecule has 0 aliphatic carbocycles. The van der Waals surface area contributed by atoms with Crippen LogP contribution in [0.4, 0.5) is 9.18 Å². The molecule has 4 atom stereocenters. The summed E-state index contributed by atoms with van der Waals surface area (Å²) < 4.78 is 43.7.